The highest BCUT2D eigenvalue weighted by Crippen LogP contribution is 2.33. The fourth-order valence-corrected chi connectivity index (χ4v) is 3.15. The number of allylic oxidation sites excluding steroid dienone is 3. The van der Waals surface area contributed by atoms with Gasteiger partial charge in [-0.2, -0.15) is 0 Å². The van der Waals surface area contributed by atoms with E-state index < -0.39 is 0 Å². The zero-order valence-electron chi connectivity index (χ0n) is 12.2. The maximum absolute atomic E-state index is 10.5. The lowest BCUT2D eigenvalue weighted by molar-refractivity contribution is -0.105. The van der Waals surface area contributed by atoms with Crippen LogP contribution in [-0.2, 0) is 11.2 Å². The maximum Gasteiger partial charge on any atom is 0.212 e. The zero-order valence-corrected chi connectivity index (χ0v) is 12.2. The highest BCUT2D eigenvalue weighted by molar-refractivity contribution is 6.24. The molecule has 0 spiro atoms. The Hall–Kier alpha value is -2.08. The van der Waals surface area contributed by atoms with Gasteiger partial charge >= 0.3 is 0 Å². The second-order valence-electron chi connectivity index (χ2n) is 5.45. The van der Waals surface area contributed by atoms with Crippen LogP contribution >= 0.6 is 0 Å². The van der Waals surface area contributed by atoms with E-state index in [0.717, 1.165) is 31.5 Å². The Balaban J connectivity index is 1.98. The highest BCUT2D eigenvalue weighted by Gasteiger charge is 2.20. The van der Waals surface area contributed by atoms with Gasteiger partial charge in [-0.1, -0.05) is 11.5 Å². The number of imidazole rings is 1. The minimum absolute atomic E-state index is 0.587. The SMILES string of the molecule is BC1=CCCC(C2=Cn3cc(NC=O)nc3CC2)=C1CN. The Kier molecular flexibility index (Phi) is 3.79. The van der Waals surface area contributed by atoms with Crippen LogP contribution in [0.5, 0.6) is 0 Å². The molecule has 1 aromatic rings. The van der Waals surface area contributed by atoms with Crippen molar-refractivity contribution in [2.75, 3.05) is 11.9 Å². The van der Waals surface area contributed by atoms with Crippen LogP contribution in [-0.4, -0.2) is 30.4 Å². The average molecular weight is 282 g/mol. The first kappa shape index (κ1) is 13.9. The summed E-state index contributed by atoms with van der Waals surface area (Å²) < 4.78 is 2.01. The fourth-order valence-electron chi connectivity index (χ4n) is 3.15. The number of anilines is 1. The molecule has 0 bridgehead atoms. The molecule has 2 heterocycles. The van der Waals surface area contributed by atoms with Crippen LogP contribution in [0.15, 0.2) is 34.5 Å². The van der Waals surface area contributed by atoms with E-state index in [9.17, 15) is 4.79 Å². The first-order valence-corrected chi connectivity index (χ1v) is 7.31. The molecule has 1 aliphatic heterocycles. The van der Waals surface area contributed by atoms with Crippen molar-refractivity contribution in [3.05, 3.63) is 40.3 Å². The van der Waals surface area contributed by atoms with Crippen LogP contribution in [0.25, 0.3) is 6.20 Å². The van der Waals surface area contributed by atoms with E-state index in [1.54, 1.807) is 0 Å². The van der Waals surface area contributed by atoms with Crippen LogP contribution in [0.3, 0.4) is 0 Å². The summed E-state index contributed by atoms with van der Waals surface area (Å²) in [7, 11) is 2.14. The molecular formula is C15H19BN4O. The summed E-state index contributed by atoms with van der Waals surface area (Å²) in [5.74, 6) is 1.59. The summed E-state index contributed by atoms with van der Waals surface area (Å²) in [4.78, 5) is 14.9. The van der Waals surface area contributed by atoms with Crippen molar-refractivity contribution in [2.45, 2.75) is 25.7 Å². The van der Waals surface area contributed by atoms with Crippen molar-refractivity contribution in [3.63, 3.8) is 0 Å². The lowest BCUT2D eigenvalue weighted by Crippen LogP contribution is -2.15. The van der Waals surface area contributed by atoms with Crippen LogP contribution in [0, 0.1) is 0 Å². The molecule has 6 heteroatoms. The molecule has 0 saturated carbocycles. The summed E-state index contributed by atoms with van der Waals surface area (Å²) >= 11 is 0. The Morgan fingerprint density at radius 1 is 1.43 bits per heavy atom. The molecule has 0 atom stereocenters. The first-order chi connectivity index (χ1) is 10.2. The summed E-state index contributed by atoms with van der Waals surface area (Å²) in [5.41, 5.74) is 11.2. The third-order valence-corrected chi connectivity index (χ3v) is 4.21. The van der Waals surface area contributed by atoms with Crippen LogP contribution in [0.4, 0.5) is 5.82 Å². The number of aromatic nitrogens is 2. The Bertz CT molecular complexity index is 669. The van der Waals surface area contributed by atoms with Gasteiger partial charge in [-0.25, -0.2) is 4.98 Å². The Morgan fingerprint density at radius 3 is 3.05 bits per heavy atom. The number of rotatable bonds is 4. The molecule has 0 unspecified atom stereocenters. The molecule has 0 aromatic carbocycles. The van der Waals surface area contributed by atoms with E-state index in [0.29, 0.717) is 18.8 Å². The van der Waals surface area contributed by atoms with E-state index >= 15 is 0 Å². The summed E-state index contributed by atoms with van der Waals surface area (Å²) in [6, 6.07) is 0. The van der Waals surface area contributed by atoms with Crippen LogP contribution < -0.4 is 11.1 Å². The quantitative estimate of drug-likeness (QED) is 0.634. The molecule has 1 aliphatic carbocycles. The highest BCUT2D eigenvalue weighted by atomic mass is 16.1. The minimum atomic E-state index is 0.587. The number of aryl methyl sites for hydroxylation is 1. The lowest BCUT2D eigenvalue weighted by Gasteiger charge is -2.24. The van der Waals surface area contributed by atoms with E-state index in [-0.39, 0.29) is 0 Å². The number of hydrogen-bond acceptors (Lipinski definition) is 3. The van der Waals surface area contributed by atoms with Gasteiger partial charge in [0.05, 0.1) is 6.20 Å². The molecule has 2 aliphatic rings. The number of amides is 1. The number of carbonyl (C=O) groups is 1. The number of nitrogens with two attached hydrogens (primary N) is 1. The number of nitrogens with one attached hydrogen (secondary N) is 1. The molecule has 3 rings (SSSR count). The summed E-state index contributed by atoms with van der Waals surface area (Å²) in [6.45, 7) is 0.587. The van der Waals surface area contributed by atoms with E-state index in [2.05, 4.69) is 30.4 Å². The topological polar surface area (TPSA) is 72.9 Å². The molecule has 0 fully saturated rings. The van der Waals surface area contributed by atoms with E-state index in [1.165, 1.54) is 22.2 Å². The smallest absolute Gasteiger partial charge is 0.212 e. The number of nitrogens with zero attached hydrogens (tertiary/aromatic N) is 2. The summed E-state index contributed by atoms with van der Waals surface area (Å²) in [6.07, 6.45) is 10.9. The Labute approximate surface area is 125 Å². The second kappa shape index (κ2) is 5.73. The number of hydrogen-bond donors (Lipinski definition) is 2. The second-order valence-corrected chi connectivity index (χ2v) is 5.45. The fraction of sp³-hybridized carbons (Fsp3) is 0.333. The third-order valence-electron chi connectivity index (χ3n) is 4.21. The van der Waals surface area contributed by atoms with Crippen molar-refractivity contribution in [1.29, 1.82) is 0 Å². The van der Waals surface area contributed by atoms with Crippen molar-refractivity contribution in [3.8, 4) is 0 Å². The molecule has 1 aromatic heterocycles. The van der Waals surface area contributed by atoms with Crippen molar-refractivity contribution in [2.24, 2.45) is 5.73 Å². The van der Waals surface area contributed by atoms with Gasteiger partial charge in [0, 0.05) is 19.2 Å². The lowest BCUT2D eigenvalue weighted by atomic mass is 9.77. The van der Waals surface area contributed by atoms with Gasteiger partial charge in [-0.3, -0.25) is 4.79 Å². The van der Waals surface area contributed by atoms with Crippen LogP contribution in [0.2, 0.25) is 0 Å². The standard InChI is InChI=1S/C15H19BN4O/c16-13-3-1-2-11(12(13)6-17)10-4-5-15-19-14(18-9-21)8-20(15)7-10/h3,7-9H,1-2,4-6,16-17H2,(H,18,21). The van der Waals surface area contributed by atoms with Crippen molar-refractivity contribution < 1.29 is 4.79 Å². The van der Waals surface area contributed by atoms with Gasteiger partial charge in [-0.05, 0) is 36.0 Å². The Morgan fingerprint density at radius 2 is 2.29 bits per heavy atom. The molecule has 0 radical (unpaired) electrons. The minimum Gasteiger partial charge on any atom is -0.327 e. The normalized spacial score (nSPS) is 18.0. The van der Waals surface area contributed by atoms with E-state index in [4.69, 9.17) is 5.73 Å². The molecule has 5 nitrogen and oxygen atoms in total. The van der Waals surface area contributed by atoms with Crippen LogP contribution in [0.1, 0.15) is 25.1 Å². The predicted molar refractivity (Wildman–Crippen MR) is 86.4 cm³/mol. The van der Waals surface area contributed by atoms with Gasteiger partial charge in [0.2, 0.25) is 6.41 Å². The van der Waals surface area contributed by atoms with Gasteiger partial charge < -0.3 is 15.6 Å². The summed E-state index contributed by atoms with van der Waals surface area (Å²) in [5, 5.41) is 2.60. The third kappa shape index (κ3) is 2.59. The molecular weight excluding hydrogens is 263 g/mol. The molecule has 21 heavy (non-hydrogen) atoms. The first-order valence-electron chi connectivity index (χ1n) is 7.31. The average Bonchev–Trinajstić information content (AvgIpc) is 2.88. The van der Waals surface area contributed by atoms with Crippen molar-refractivity contribution in [1.82, 2.24) is 9.55 Å². The zero-order chi connectivity index (χ0) is 14.8. The van der Waals surface area contributed by atoms with Gasteiger partial charge in [-0.15, -0.1) is 0 Å². The maximum atomic E-state index is 10.5. The largest absolute Gasteiger partial charge is 0.327 e. The number of fused-ring (bicyclic) bond motifs is 1. The van der Waals surface area contributed by atoms with Gasteiger partial charge in [0.15, 0.2) is 5.82 Å². The van der Waals surface area contributed by atoms with E-state index in [1.807, 2.05) is 10.8 Å². The predicted octanol–water partition coefficient (Wildman–Crippen LogP) is 0.805. The molecule has 1 amide bonds. The van der Waals surface area contributed by atoms with Gasteiger partial charge in [0.1, 0.15) is 13.7 Å². The monoisotopic (exact) mass is 282 g/mol. The van der Waals surface area contributed by atoms with Gasteiger partial charge in [0.25, 0.3) is 0 Å². The molecule has 108 valence electrons. The number of carbonyl (C=O) groups excluding carboxylic acids is 1. The molecule has 3 N–H and O–H groups in total. The molecule has 0 saturated heterocycles. The van der Waals surface area contributed by atoms with Crippen molar-refractivity contribution >= 4 is 26.3 Å².